The Labute approximate surface area is 252 Å². The van der Waals surface area contributed by atoms with Gasteiger partial charge in [-0.1, -0.05) is 6.07 Å². The molecule has 0 spiro atoms. The molecule has 2 aromatic heterocycles. The molecule has 5 rings (SSSR count). The molecule has 3 heterocycles. The van der Waals surface area contributed by atoms with Crippen molar-refractivity contribution in [3.05, 3.63) is 125 Å². The lowest BCUT2D eigenvalue weighted by atomic mass is 9.97. The lowest BCUT2D eigenvalue weighted by Gasteiger charge is -2.32. The Hall–Kier alpha value is -4.60. The van der Waals surface area contributed by atoms with E-state index in [1.807, 2.05) is 48.7 Å². The van der Waals surface area contributed by atoms with Crippen LogP contribution in [0.1, 0.15) is 47.2 Å². The zero-order valence-corrected chi connectivity index (χ0v) is 24.2. The number of nitrogens with one attached hydrogen (secondary N) is 2. The Kier molecular flexibility index (Phi) is 10.1. The number of hydrogen-bond acceptors (Lipinski definition) is 7. The second-order valence-corrected chi connectivity index (χ2v) is 10.7. The molecule has 0 saturated carbocycles. The predicted molar refractivity (Wildman–Crippen MR) is 169 cm³/mol. The van der Waals surface area contributed by atoms with Crippen LogP contribution in [-0.2, 0) is 6.54 Å². The monoisotopic (exact) mass is 579 g/mol. The first-order chi connectivity index (χ1) is 21.0. The van der Waals surface area contributed by atoms with Crippen LogP contribution in [0.25, 0.3) is 11.3 Å². The molecule has 2 aromatic carbocycles. The van der Waals surface area contributed by atoms with Crippen LogP contribution in [0.2, 0.25) is 0 Å². The van der Waals surface area contributed by atoms with Gasteiger partial charge in [0, 0.05) is 54.6 Å². The first-order valence-corrected chi connectivity index (χ1v) is 14.6. The molecule has 43 heavy (non-hydrogen) atoms. The molecule has 4 aromatic rings. The molecule has 0 atom stereocenters. The van der Waals surface area contributed by atoms with Crippen LogP contribution in [0, 0.1) is 11.2 Å². The summed E-state index contributed by atoms with van der Waals surface area (Å²) in [6, 6.07) is 21.9. The Balaban J connectivity index is 1.09. The van der Waals surface area contributed by atoms with Crippen molar-refractivity contribution in [1.82, 2.24) is 20.2 Å². The van der Waals surface area contributed by atoms with Gasteiger partial charge < -0.3 is 26.4 Å². The molecule has 0 bridgehead atoms. The van der Waals surface area contributed by atoms with Gasteiger partial charge in [-0.15, -0.1) is 0 Å². The number of piperidine rings is 1. The van der Waals surface area contributed by atoms with Crippen molar-refractivity contribution >= 4 is 17.1 Å². The minimum atomic E-state index is -0.303. The maximum absolute atomic E-state index is 13.5. The van der Waals surface area contributed by atoms with E-state index < -0.39 is 0 Å². The second kappa shape index (κ2) is 14.5. The van der Waals surface area contributed by atoms with Crippen molar-refractivity contribution in [2.75, 3.05) is 26.2 Å². The normalized spacial score (nSPS) is 14.7. The number of hydrogen-bond donors (Lipinski definition) is 4. The van der Waals surface area contributed by atoms with Gasteiger partial charge in [0.15, 0.2) is 0 Å². The SMILES string of the molecule is N=C(N)c1ccc(OCCCN2CCC(NCc3ccc(C(=C(N)c4ccc(F)cc4)c4ccncc4)nc3)CC2)cc1. The first-order valence-electron chi connectivity index (χ1n) is 14.6. The van der Waals surface area contributed by atoms with E-state index in [-0.39, 0.29) is 11.7 Å². The van der Waals surface area contributed by atoms with Gasteiger partial charge in [0.2, 0.25) is 0 Å². The maximum Gasteiger partial charge on any atom is 0.123 e. The highest BCUT2D eigenvalue weighted by molar-refractivity contribution is 5.96. The average Bonchev–Trinajstić information content (AvgIpc) is 3.04. The summed E-state index contributed by atoms with van der Waals surface area (Å²) in [5.74, 6) is 0.562. The summed E-state index contributed by atoms with van der Waals surface area (Å²) in [6.45, 7) is 4.54. The molecule has 0 aliphatic carbocycles. The zero-order chi connectivity index (χ0) is 30.0. The predicted octanol–water partition coefficient (Wildman–Crippen LogP) is 4.80. The van der Waals surface area contributed by atoms with E-state index >= 15 is 0 Å². The van der Waals surface area contributed by atoms with Crippen molar-refractivity contribution in [1.29, 1.82) is 5.41 Å². The van der Waals surface area contributed by atoms with Gasteiger partial charge in [-0.25, -0.2) is 4.39 Å². The van der Waals surface area contributed by atoms with Crippen molar-refractivity contribution < 1.29 is 9.13 Å². The molecule has 0 radical (unpaired) electrons. The third-order valence-electron chi connectivity index (χ3n) is 7.71. The number of halogens is 1. The largest absolute Gasteiger partial charge is 0.494 e. The van der Waals surface area contributed by atoms with Gasteiger partial charge in [-0.05, 0) is 116 Å². The minimum absolute atomic E-state index is 0.0626. The van der Waals surface area contributed by atoms with Crippen molar-refractivity contribution in [3.8, 4) is 5.75 Å². The lowest BCUT2D eigenvalue weighted by molar-refractivity contribution is 0.181. The minimum Gasteiger partial charge on any atom is -0.494 e. The Bertz CT molecular complexity index is 1500. The fourth-order valence-electron chi connectivity index (χ4n) is 5.24. The highest BCUT2D eigenvalue weighted by atomic mass is 19.1. The fraction of sp³-hybridized carbons (Fsp3) is 0.265. The Morgan fingerprint density at radius 1 is 0.907 bits per heavy atom. The number of rotatable bonds is 12. The van der Waals surface area contributed by atoms with Crippen LogP contribution in [0.3, 0.4) is 0 Å². The number of likely N-dealkylation sites (tertiary alicyclic amines) is 1. The summed E-state index contributed by atoms with van der Waals surface area (Å²) in [6.07, 6.45) is 8.50. The molecule has 0 unspecified atom stereocenters. The van der Waals surface area contributed by atoms with Crippen LogP contribution in [0.4, 0.5) is 4.39 Å². The molecule has 1 aliphatic rings. The van der Waals surface area contributed by atoms with Gasteiger partial charge in [0.1, 0.15) is 17.4 Å². The molecular weight excluding hydrogens is 541 g/mol. The summed E-state index contributed by atoms with van der Waals surface area (Å²) in [7, 11) is 0. The molecule has 9 heteroatoms. The maximum atomic E-state index is 13.5. The van der Waals surface area contributed by atoms with E-state index in [1.165, 1.54) is 12.1 Å². The summed E-state index contributed by atoms with van der Waals surface area (Å²) >= 11 is 0. The molecule has 222 valence electrons. The number of benzene rings is 2. The number of aromatic nitrogens is 2. The van der Waals surface area contributed by atoms with Gasteiger partial charge in [-0.2, -0.15) is 0 Å². The van der Waals surface area contributed by atoms with E-state index in [0.717, 1.165) is 79.1 Å². The van der Waals surface area contributed by atoms with Crippen molar-refractivity contribution in [3.63, 3.8) is 0 Å². The zero-order valence-electron chi connectivity index (χ0n) is 24.2. The van der Waals surface area contributed by atoms with Crippen LogP contribution in [0.5, 0.6) is 5.75 Å². The van der Waals surface area contributed by atoms with Crippen molar-refractivity contribution in [2.45, 2.75) is 31.8 Å². The van der Waals surface area contributed by atoms with Crippen LogP contribution < -0.4 is 21.5 Å². The third kappa shape index (κ3) is 8.24. The highest BCUT2D eigenvalue weighted by Gasteiger charge is 2.19. The van der Waals surface area contributed by atoms with Gasteiger partial charge in [0.05, 0.1) is 12.3 Å². The van der Waals surface area contributed by atoms with E-state index in [4.69, 9.17) is 26.6 Å². The third-order valence-corrected chi connectivity index (χ3v) is 7.71. The van der Waals surface area contributed by atoms with Crippen LogP contribution in [-0.4, -0.2) is 53.0 Å². The molecule has 8 nitrogen and oxygen atoms in total. The summed E-state index contributed by atoms with van der Waals surface area (Å²) in [5, 5.41) is 11.2. The molecule has 1 aliphatic heterocycles. The second-order valence-electron chi connectivity index (χ2n) is 10.7. The number of pyridine rings is 2. The summed E-state index contributed by atoms with van der Waals surface area (Å²) in [4.78, 5) is 11.4. The molecule has 0 amide bonds. The smallest absolute Gasteiger partial charge is 0.123 e. The number of nitrogens with zero attached hydrogens (tertiary/aromatic N) is 3. The quantitative estimate of drug-likeness (QED) is 0.108. The molecule has 1 saturated heterocycles. The number of nitrogen functional groups attached to an aromatic ring is 1. The van der Waals surface area contributed by atoms with E-state index in [9.17, 15) is 4.39 Å². The van der Waals surface area contributed by atoms with Gasteiger partial charge in [0.25, 0.3) is 0 Å². The topological polar surface area (TPSA) is 126 Å². The Morgan fingerprint density at radius 2 is 1.60 bits per heavy atom. The standard InChI is InChI=1S/C34H38FN7O/c35-28-7-3-26(4-8-28)33(36)32(25-12-16-39-17-13-25)31-11-2-24(23-41-31)22-40-29-14-19-42(20-15-29)18-1-21-43-30-9-5-27(6-10-30)34(37)38/h2-13,16-17,23,29,40H,1,14-15,18-22,36H2,(H3,37,38). The molecular formula is C34H38FN7O. The number of amidine groups is 1. The molecule has 6 N–H and O–H groups in total. The fourth-order valence-corrected chi connectivity index (χ4v) is 5.24. The summed E-state index contributed by atoms with van der Waals surface area (Å²) < 4.78 is 19.4. The van der Waals surface area contributed by atoms with Crippen molar-refractivity contribution in [2.24, 2.45) is 11.5 Å². The number of nitrogens with two attached hydrogens (primary N) is 2. The van der Waals surface area contributed by atoms with E-state index in [1.54, 1.807) is 24.5 Å². The molecule has 1 fully saturated rings. The average molecular weight is 580 g/mol. The van der Waals surface area contributed by atoms with E-state index in [2.05, 4.69) is 21.3 Å². The first kappa shape index (κ1) is 29.9. The van der Waals surface area contributed by atoms with Gasteiger partial charge in [-0.3, -0.25) is 15.4 Å². The van der Waals surface area contributed by atoms with Crippen LogP contribution in [0.15, 0.2) is 91.4 Å². The number of ether oxygens (including phenoxy) is 1. The van der Waals surface area contributed by atoms with Crippen LogP contribution >= 0.6 is 0 Å². The highest BCUT2D eigenvalue weighted by Crippen LogP contribution is 2.28. The lowest BCUT2D eigenvalue weighted by Crippen LogP contribution is -2.42. The van der Waals surface area contributed by atoms with E-state index in [0.29, 0.717) is 23.9 Å². The summed E-state index contributed by atoms with van der Waals surface area (Å²) in [5.41, 5.74) is 17.6. The van der Waals surface area contributed by atoms with Gasteiger partial charge >= 0.3 is 0 Å². The Morgan fingerprint density at radius 3 is 2.26 bits per heavy atom.